The summed E-state index contributed by atoms with van der Waals surface area (Å²) in [6, 6.07) is -7.60. The van der Waals surface area contributed by atoms with Crippen molar-refractivity contribution in [1.82, 2.24) is 0 Å². The van der Waals surface area contributed by atoms with Crippen LogP contribution in [0.5, 0.6) is 5.75 Å². The number of benzene rings is 2. The van der Waals surface area contributed by atoms with E-state index >= 15 is 0 Å². The van der Waals surface area contributed by atoms with Crippen LogP contribution < -0.4 is 4.74 Å². The number of halogens is 1. The molecule has 1 saturated heterocycles. The van der Waals surface area contributed by atoms with Gasteiger partial charge < -0.3 is 29.9 Å². The first-order valence-corrected chi connectivity index (χ1v) is 7.93. The fourth-order valence-electron chi connectivity index (χ4n) is 2.21. The zero-order valence-electron chi connectivity index (χ0n) is 30.9. The van der Waals surface area contributed by atoms with Crippen LogP contribution in [-0.4, -0.2) is 57.9 Å². The minimum Gasteiger partial charge on any atom is -0.494 e. The fraction of sp³-hybridized carbons (Fsp3) is 0.429. The molecule has 0 radical (unpaired) electrons. The molecule has 0 bridgehead atoms. The Hall–Kier alpha value is -1.67. The first kappa shape index (κ1) is 8.22. The largest absolute Gasteiger partial charge is 0.494 e. The van der Waals surface area contributed by atoms with Gasteiger partial charge in [0.2, 0.25) is 0 Å². The van der Waals surface area contributed by atoms with Crippen molar-refractivity contribution in [2.45, 2.75) is 43.7 Å². The van der Waals surface area contributed by atoms with Crippen molar-refractivity contribution in [2.24, 2.45) is 0 Å². The summed E-state index contributed by atoms with van der Waals surface area (Å²) >= 11 is 6.19. The van der Waals surface area contributed by atoms with Crippen molar-refractivity contribution in [3.8, 4) is 5.75 Å². The summed E-state index contributed by atoms with van der Waals surface area (Å²) in [4.78, 5) is 0. The molecule has 7 heteroatoms. The molecule has 0 aliphatic carbocycles. The molecule has 0 saturated carbocycles. The monoisotopic (exact) mass is 425 g/mol. The zero-order valence-corrected chi connectivity index (χ0v) is 14.7. The van der Waals surface area contributed by atoms with E-state index in [9.17, 15) is 20.4 Å². The van der Waals surface area contributed by atoms with E-state index in [-0.39, 0.29) is 0 Å². The second kappa shape index (κ2) is 9.22. The average Bonchev–Trinajstić information content (AvgIpc) is 2.91. The third-order valence-electron chi connectivity index (χ3n) is 3.52. The van der Waals surface area contributed by atoms with Gasteiger partial charge in [-0.05, 0) is 48.1 Å². The van der Waals surface area contributed by atoms with E-state index < -0.39 is 127 Å². The minimum absolute atomic E-state index is 0.627. The summed E-state index contributed by atoms with van der Waals surface area (Å²) in [6.45, 7) is -8.61. The summed E-state index contributed by atoms with van der Waals surface area (Å²) in [5, 5.41) is 40.8. The number of hydrogen-bond donors (Lipinski definition) is 4. The van der Waals surface area contributed by atoms with Gasteiger partial charge >= 0.3 is 0 Å². The summed E-state index contributed by atoms with van der Waals surface area (Å²) in [5.74, 6) is -1.09. The van der Waals surface area contributed by atoms with Crippen molar-refractivity contribution < 1.29 is 53.2 Å². The standard InChI is InChI=1S/C21H25ClO6/c1-2-27-15-6-3-12(4-7-15)9-14-10-13(5-8-16(14)22)21-20(26)19(25)18(24)17(11-23)28-21/h3-8,10,17-21,23-26H,2,9,11H2,1H3/t17-,18-,19+,20-,21+/m1/s1/i1D3,2D2,3D,4D,5D,6D,7D,8D,10D,17D,18D,19D,20D,21D. The van der Waals surface area contributed by atoms with Crippen LogP contribution in [0.15, 0.2) is 42.3 Å². The van der Waals surface area contributed by atoms with Gasteiger partial charge in [0.05, 0.1) is 32.4 Å². The lowest BCUT2D eigenvalue weighted by Crippen LogP contribution is -2.55. The van der Waals surface area contributed by atoms with Crippen LogP contribution >= 0.6 is 11.6 Å². The molecule has 2 aromatic rings. The molecule has 4 N–H and O–H groups in total. The minimum atomic E-state index is -4.27. The summed E-state index contributed by atoms with van der Waals surface area (Å²) < 4.78 is 146. The van der Waals surface area contributed by atoms with Gasteiger partial charge in [0.15, 0.2) is 0 Å². The Kier molecular flexibility index (Phi) is 2.71. The van der Waals surface area contributed by atoms with E-state index in [2.05, 4.69) is 0 Å². The Bertz CT molecular complexity index is 1520. The van der Waals surface area contributed by atoms with Crippen LogP contribution in [-0.2, 0) is 11.2 Å². The van der Waals surface area contributed by atoms with Crippen molar-refractivity contribution in [1.29, 1.82) is 0 Å². The molecule has 0 aromatic heterocycles. The predicted molar refractivity (Wildman–Crippen MR) is 105 cm³/mol. The summed E-state index contributed by atoms with van der Waals surface area (Å²) in [6.07, 6.45) is -21.0. The highest BCUT2D eigenvalue weighted by atomic mass is 35.5. The van der Waals surface area contributed by atoms with Crippen LogP contribution in [0.1, 0.15) is 52.9 Å². The second-order valence-corrected chi connectivity index (χ2v) is 5.67. The van der Waals surface area contributed by atoms with Gasteiger partial charge in [0.1, 0.15) is 36.1 Å². The van der Waals surface area contributed by atoms with Crippen molar-refractivity contribution >= 4 is 11.6 Å². The lowest BCUT2D eigenvalue weighted by molar-refractivity contribution is -0.231. The number of ether oxygens (including phenoxy) is 2. The molecule has 2 aromatic carbocycles. The molecule has 1 aliphatic heterocycles. The van der Waals surface area contributed by atoms with Gasteiger partial charge in [-0.25, -0.2) is 0 Å². The Morgan fingerprint density at radius 2 is 1.93 bits per heavy atom. The second-order valence-electron chi connectivity index (χ2n) is 5.29. The number of hydrogen-bond acceptors (Lipinski definition) is 6. The Labute approximate surface area is 192 Å². The number of rotatable bonds is 6. The van der Waals surface area contributed by atoms with E-state index in [4.69, 9.17) is 44.4 Å². The van der Waals surface area contributed by atoms with Crippen LogP contribution in [0.2, 0.25) is 5.02 Å². The molecule has 0 amide bonds. The lowest BCUT2D eigenvalue weighted by Gasteiger charge is -2.40. The highest BCUT2D eigenvalue weighted by Crippen LogP contribution is 2.34. The molecule has 3 rings (SSSR count). The van der Waals surface area contributed by atoms with E-state index in [1.807, 2.05) is 0 Å². The molecular formula is C21H25ClO6. The normalized spacial score (nSPS) is 50.4. The lowest BCUT2D eigenvalue weighted by atomic mass is 9.90. The molecule has 0 unspecified atom stereocenters. The maximum atomic E-state index is 10.9. The Morgan fingerprint density at radius 3 is 2.61 bits per heavy atom. The van der Waals surface area contributed by atoms with Crippen LogP contribution in [0, 0.1) is 0 Å². The summed E-state index contributed by atoms with van der Waals surface area (Å²) in [7, 11) is 0. The molecule has 152 valence electrons. The van der Waals surface area contributed by atoms with Gasteiger partial charge in [-0.1, -0.05) is 35.8 Å². The maximum absolute atomic E-state index is 10.9. The SMILES string of the molecule is [2H]c1c([2H])c([C@]2([2H])O[C@]([2H])(CO)[C@@]([2H])(O)[C@]([2H])(O)[C@@]2([2H])O)c([2H])c(Cc2c([2H])c([2H])c(OC([2H])([2H])C([2H])([2H])[2H])c([2H])c2[2H])c1Cl. The van der Waals surface area contributed by atoms with Gasteiger partial charge in [-0.2, -0.15) is 0 Å². The number of aliphatic hydroxyl groups excluding tert-OH is 1. The van der Waals surface area contributed by atoms with Gasteiger partial charge in [-0.3, -0.25) is 0 Å². The van der Waals surface area contributed by atoms with Gasteiger partial charge in [0, 0.05) is 9.13 Å². The Morgan fingerprint density at radius 1 is 1.18 bits per heavy atom. The third-order valence-corrected chi connectivity index (χ3v) is 3.84. The van der Waals surface area contributed by atoms with Crippen LogP contribution in [0.25, 0.3) is 0 Å². The molecule has 1 heterocycles. The van der Waals surface area contributed by atoms with Crippen molar-refractivity contribution in [3.05, 3.63) is 64.0 Å². The maximum Gasteiger partial charge on any atom is 0.119 e. The fourth-order valence-corrected chi connectivity index (χ4v) is 2.37. The molecule has 1 aliphatic rings. The van der Waals surface area contributed by atoms with Gasteiger partial charge in [0.25, 0.3) is 0 Å². The van der Waals surface area contributed by atoms with Crippen molar-refractivity contribution in [3.63, 3.8) is 0 Å². The van der Waals surface area contributed by atoms with E-state index in [1.165, 1.54) is 0 Å². The molecule has 6 nitrogen and oxygen atoms in total. The molecular weight excluding hydrogens is 384 g/mol. The molecule has 28 heavy (non-hydrogen) atoms. The number of aliphatic hydroxyl groups is 4. The summed E-state index contributed by atoms with van der Waals surface area (Å²) in [5.41, 5.74) is -2.67. The molecule has 5 atom stereocenters. The average molecular weight is 426 g/mol. The van der Waals surface area contributed by atoms with E-state index in [0.717, 1.165) is 0 Å². The highest BCUT2D eigenvalue weighted by Gasteiger charge is 2.43. The van der Waals surface area contributed by atoms with Gasteiger partial charge in [-0.15, -0.1) is 0 Å². The third kappa shape index (κ3) is 4.49. The van der Waals surface area contributed by atoms with Crippen LogP contribution in [0.4, 0.5) is 0 Å². The predicted octanol–water partition coefficient (Wildman–Crippen LogP) is 1.84. The Balaban J connectivity index is 2.33. The first-order chi connectivity index (χ1) is 20.0. The van der Waals surface area contributed by atoms with E-state index in [1.54, 1.807) is 0 Å². The highest BCUT2D eigenvalue weighted by molar-refractivity contribution is 6.31. The van der Waals surface area contributed by atoms with Crippen LogP contribution in [0.3, 0.4) is 0 Å². The smallest absolute Gasteiger partial charge is 0.119 e. The quantitative estimate of drug-likeness (QED) is 0.563. The van der Waals surface area contributed by atoms with Crippen molar-refractivity contribution in [2.75, 3.05) is 13.2 Å². The topological polar surface area (TPSA) is 99.4 Å². The molecule has 1 fully saturated rings. The first-order valence-electron chi connectivity index (χ1n) is 16.1. The van der Waals surface area contributed by atoms with E-state index in [0.29, 0.717) is 0 Å². The molecule has 0 spiro atoms. The zero-order chi connectivity index (χ0) is 35.3.